The summed E-state index contributed by atoms with van der Waals surface area (Å²) in [6, 6.07) is 23.4. The number of aromatic nitrogens is 2. The first-order valence-electron chi connectivity index (χ1n) is 16.6. The lowest BCUT2D eigenvalue weighted by molar-refractivity contribution is -0.140. The summed E-state index contributed by atoms with van der Waals surface area (Å²) < 4.78 is 61.9. The van der Waals surface area contributed by atoms with E-state index in [-0.39, 0.29) is 23.5 Å². The first kappa shape index (κ1) is 36.3. The van der Waals surface area contributed by atoms with Crippen LogP contribution >= 0.6 is 0 Å². The van der Waals surface area contributed by atoms with Crippen molar-refractivity contribution in [3.8, 4) is 11.4 Å². The van der Waals surface area contributed by atoms with E-state index in [0.29, 0.717) is 35.0 Å². The van der Waals surface area contributed by atoms with Crippen LogP contribution in [-0.2, 0) is 30.5 Å². The van der Waals surface area contributed by atoms with Crippen LogP contribution < -0.4 is 10.3 Å². The lowest BCUT2D eigenvalue weighted by atomic mass is 10.0. The summed E-state index contributed by atoms with van der Waals surface area (Å²) in [5, 5.41) is 0.380. The van der Waals surface area contributed by atoms with Gasteiger partial charge in [0.2, 0.25) is 5.91 Å². The van der Waals surface area contributed by atoms with Crippen molar-refractivity contribution in [1.29, 1.82) is 0 Å². The molecule has 0 fully saturated rings. The van der Waals surface area contributed by atoms with E-state index in [9.17, 15) is 27.2 Å². The fourth-order valence-electron chi connectivity index (χ4n) is 5.95. The van der Waals surface area contributed by atoms with E-state index in [0.717, 1.165) is 36.8 Å². The molecule has 7 nitrogen and oxygen atoms in total. The van der Waals surface area contributed by atoms with Gasteiger partial charge in [0.25, 0.3) is 5.56 Å². The van der Waals surface area contributed by atoms with E-state index >= 15 is 0 Å². The van der Waals surface area contributed by atoms with E-state index in [2.05, 4.69) is 18.7 Å². The minimum absolute atomic E-state index is 0.00543. The maximum Gasteiger partial charge on any atom is 0.419 e. The van der Waals surface area contributed by atoms with Crippen LogP contribution in [0.3, 0.4) is 0 Å². The lowest BCUT2D eigenvalue weighted by Crippen LogP contribution is -2.38. The number of carbonyl (C=O) groups excluding carboxylic acids is 1. The van der Waals surface area contributed by atoms with Crippen molar-refractivity contribution in [2.45, 2.75) is 59.4 Å². The van der Waals surface area contributed by atoms with Crippen LogP contribution in [0.25, 0.3) is 16.6 Å². The van der Waals surface area contributed by atoms with Gasteiger partial charge in [0.15, 0.2) is 0 Å². The summed E-state index contributed by atoms with van der Waals surface area (Å²) in [7, 11) is 0. The molecule has 0 radical (unpaired) electrons. The SMILES string of the molecule is CCOc1ccc(-n2c([C@@H](C)N(Cc3ccc(CN(CC)CC)cc3)C(=O)Cc3ccc(F)c(C(F)(F)F)c3)nc3ccccc3c2=O)cc1. The number of rotatable bonds is 13. The first-order chi connectivity index (χ1) is 23.9. The van der Waals surface area contributed by atoms with Gasteiger partial charge in [0, 0.05) is 13.1 Å². The maximum absolute atomic E-state index is 14.2. The van der Waals surface area contributed by atoms with Gasteiger partial charge in [-0.3, -0.25) is 19.1 Å². The highest BCUT2D eigenvalue weighted by Gasteiger charge is 2.35. The van der Waals surface area contributed by atoms with E-state index in [4.69, 9.17) is 9.72 Å². The highest BCUT2D eigenvalue weighted by atomic mass is 19.4. The molecule has 1 atom stereocenters. The largest absolute Gasteiger partial charge is 0.494 e. The molecular weight excluding hydrogens is 648 g/mol. The molecule has 0 aliphatic rings. The molecule has 0 N–H and O–H groups in total. The van der Waals surface area contributed by atoms with E-state index in [1.54, 1.807) is 55.5 Å². The number of alkyl halides is 3. The minimum Gasteiger partial charge on any atom is -0.494 e. The Labute approximate surface area is 288 Å². The average Bonchev–Trinajstić information content (AvgIpc) is 3.10. The summed E-state index contributed by atoms with van der Waals surface area (Å²) in [5.74, 6) is -1.06. The molecule has 0 saturated carbocycles. The second-order valence-corrected chi connectivity index (χ2v) is 12.0. The predicted molar refractivity (Wildman–Crippen MR) is 186 cm³/mol. The van der Waals surface area contributed by atoms with Crippen molar-refractivity contribution < 1.29 is 27.1 Å². The molecule has 50 heavy (non-hydrogen) atoms. The van der Waals surface area contributed by atoms with E-state index in [1.165, 1.54) is 15.5 Å². The van der Waals surface area contributed by atoms with Crippen LogP contribution in [0.1, 0.15) is 61.8 Å². The van der Waals surface area contributed by atoms with Crippen molar-refractivity contribution in [2.75, 3.05) is 19.7 Å². The Kier molecular flexibility index (Phi) is 11.4. The Hall–Kier alpha value is -5.03. The number of benzene rings is 4. The molecule has 0 aliphatic carbocycles. The average molecular weight is 689 g/mol. The zero-order chi connectivity index (χ0) is 36.0. The Morgan fingerprint density at radius 1 is 0.860 bits per heavy atom. The fraction of sp³-hybridized carbons (Fsp3) is 0.308. The lowest BCUT2D eigenvalue weighted by Gasteiger charge is -2.31. The summed E-state index contributed by atoms with van der Waals surface area (Å²) in [4.78, 5) is 36.9. The maximum atomic E-state index is 14.2. The number of halogens is 4. The molecule has 5 rings (SSSR count). The molecule has 1 amide bonds. The number of para-hydroxylation sites is 1. The molecule has 1 heterocycles. The molecule has 0 spiro atoms. The van der Waals surface area contributed by atoms with Crippen LogP contribution in [0.5, 0.6) is 5.75 Å². The molecule has 5 aromatic rings. The quantitative estimate of drug-likeness (QED) is 0.117. The minimum atomic E-state index is -4.92. The normalized spacial score (nSPS) is 12.3. The van der Waals surface area contributed by atoms with E-state index in [1.807, 2.05) is 31.2 Å². The molecule has 0 unspecified atom stereocenters. The van der Waals surface area contributed by atoms with Gasteiger partial charge in [0.1, 0.15) is 17.4 Å². The number of hydrogen-bond donors (Lipinski definition) is 0. The zero-order valence-electron chi connectivity index (χ0n) is 28.5. The smallest absolute Gasteiger partial charge is 0.419 e. The van der Waals surface area contributed by atoms with Crippen molar-refractivity contribution in [2.24, 2.45) is 0 Å². The molecule has 262 valence electrons. The van der Waals surface area contributed by atoms with Gasteiger partial charge in [-0.25, -0.2) is 9.37 Å². The Morgan fingerprint density at radius 3 is 2.10 bits per heavy atom. The predicted octanol–water partition coefficient (Wildman–Crippen LogP) is 8.12. The van der Waals surface area contributed by atoms with Gasteiger partial charge in [-0.2, -0.15) is 13.2 Å². The van der Waals surface area contributed by atoms with Crippen LogP contribution in [0.2, 0.25) is 0 Å². The van der Waals surface area contributed by atoms with Crippen LogP contribution in [0.4, 0.5) is 17.6 Å². The highest BCUT2D eigenvalue weighted by molar-refractivity contribution is 5.80. The van der Waals surface area contributed by atoms with Gasteiger partial charge in [-0.1, -0.05) is 56.3 Å². The molecule has 4 aromatic carbocycles. The number of nitrogens with zero attached hydrogens (tertiary/aromatic N) is 4. The first-order valence-corrected chi connectivity index (χ1v) is 16.6. The Morgan fingerprint density at radius 2 is 1.48 bits per heavy atom. The van der Waals surface area contributed by atoms with E-state index < -0.39 is 35.9 Å². The fourth-order valence-corrected chi connectivity index (χ4v) is 5.95. The van der Waals surface area contributed by atoms with Gasteiger partial charge in [-0.05, 0) is 92.2 Å². The number of carbonyl (C=O) groups is 1. The third kappa shape index (κ3) is 8.22. The summed E-state index contributed by atoms with van der Waals surface area (Å²) in [5.41, 5.74) is 1.03. The Bertz CT molecular complexity index is 1990. The van der Waals surface area contributed by atoms with Gasteiger partial charge in [-0.15, -0.1) is 0 Å². The second-order valence-electron chi connectivity index (χ2n) is 12.0. The number of fused-ring (bicyclic) bond motifs is 1. The van der Waals surface area contributed by atoms with Crippen LogP contribution in [0, 0.1) is 5.82 Å². The van der Waals surface area contributed by atoms with Crippen LogP contribution in [0.15, 0.2) is 95.8 Å². The van der Waals surface area contributed by atoms with Crippen molar-refractivity contribution in [1.82, 2.24) is 19.4 Å². The molecule has 1 aromatic heterocycles. The number of amides is 1. The van der Waals surface area contributed by atoms with Crippen LogP contribution in [-0.4, -0.2) is 45.0 Å². The standard InChI is InChI=1S/C39H40F4N4O3/c1-5-45(6-2)24-27-12-14-28(15-13-27)25-46(36(48)23-29-16-21-34(40)33(22-29)39(41,42)43)26(4)37-44-35-11-9-8-10-32(35)38(49)47(37)30-17-19-31(20-18-30)50-7-3/h8-22,26H,5-7,23-25H2,1-4H3/t26-/m1/s1. The molecule has 0 bridgehead atoms. The molecule has 0 aliphatic heterocycles. The van der Waals surface area contributed by atoms with Gasteiger partial charge in [0.05, 0.1) is 41.2 Å². The zero-order valence-corrected chi connectivity index (χ0v) is 28.5. The van der Waals surface area contributed by atoms with Gasteiger partial charge < -0.3 is 9.64 Å². The molecular formula is C39H40F4N4O3. The third-order valence-electron chi connectivity index (χ3n) is 8.74. The number of ether oxygens (including phenoxy) is 1. The third-order valence-corrected chi connectivity index (χ3v) is 8.74. The van der Waals surface area contributed by atoms with Gasteiger partial charge >= 0.3 is 6.18 Å². The van der Waals surface area contributed by atoms with Crippen molar-refractivity contribution in [3.05, 3.63) is 135 Å². The number of hydrogen-bond acceptors (Lipinski definition) is 5. The summed E-state index contributed by atoms with van der Waals surface area (Å²) >= 11 is 0. The van der Waals surface area contributed by atoms with Crippen molar-refractivity contribution >= 4 is 16.8 Å². The Balaban J connectivity index is 1.59. The monoisotopic (exact) mass is 688 g/mol. The van der Waals surface area contributed by atoms with Crippen molar-refractivity contribution in [3.63, 3.8) is 0 Å². The summed E-state index contributed by atoms with van der Waals surface area (Å²) in [6.07, 6.45) is -5.36. The second kappa shape index (κ2) is 15.7. The molecule has 11 heteroatoms. The topological polar surface area (TPSA) is 67.7 Å². The molecule has 0 saturated heterocycles. The highest BCUT2D eigenvalue weighted by Crippen LogP contribution is 2.33. The summed E-state index contributed by atoms with van der Waals surface area (Å²) in [6.45, 7) is 10.9.